The Morgan fingerprint density at radius 3 is 2.65 bits per heavy atom. The predicted molar refractivity (Wildman–Crippen MR) is 79.9 cm³/mol. The Balaban J connectivity index is 2.04. The quantitative estimate of drug-likeness (QED) is 0.851. The number of carbonyl (C=O) groups is 3. The molecule has 120 valence electrons. The highest BCUT2D eigenvalue weighted by atomic mass is 16.5. The molecule has 0 atom stereocenters. The molecule has 1 heterocycles. The zero-order valence-corrected chi connectivity index (χ0v) is 12.6. The molecule has 0 saturated heterocycles. The number of ether oxygens (including phenoxy) is 2. The lowest BCUT2D eigenvalue weighted by Crippen LogP contribution is -2.10. The minimum atomic E-state index is -0.645. The van der Waals surface area contributed by atoms with Crippen LogP contribution in [0.5, 0.6) is 0 Å². The minimum absolute atomic E-state index is 0.00713. The Hall–Kier alpha value is -3.09. The largest absolute Gasteiger partial charge is 0.463 e. The molecule has 0 aliphatic carbocycles. The van der Waals surface area contributed by atoms with Gasteiger partial charge in [-0.3, -0.25) is 4.79 Å². The number of hydrogen-bond donors (Lipinski definition) is 1. The van der Waals surface area contributed by atoms with Gasteiger partial charge in [0.05, 0.1) is 18.9 Å². The van der Waals surface area contributed by atoms with Crippen LogP contribution in [0.1, 0.15) is 33.4 Å². The maximum absolute atomic E-state index is 12.0. The van der Waals surface area contributed by atoms with Crippen molar-refractivity contribution in [1.82, 2.24) is 0 Å². The number of hydrogen-bond acceptors (Lipinski definition) is 6. The van der Waals surface area contributed by atoms with Crippen molar-refractivity contribution in [2.45, 2.75) is 13.5 Å². The molecule has 0 aliphatic heterocycles. The summed E-state index contributed by atoms with van der Waals surface area (Å²) in [6.07, 6.45) is 1.31. The Morgan fingerprint density at radius 1 is 1.17 bits per heavy atom. The average Bonchev–Trinajstić information content (AvgIpc) is 3.00. The number of anilines is 1. The van der Waals surface area contributed by atoms with E-state index in [-0.39, 0.29) is 23.8 Å². The van der Waals surface area contributed by atoms with Crippen LogP contribution < -0.4 is 5.32 Å². The number of carbonyl (C=O) groups excluding carboxylic acids is 3. The van der Waals surface area contributed by atoms with E-state index in [1.165, 1.54) is 32.4 Å². The lowest BCUT2D eigenvalue weighted by Gasteiger charge is -2.07. The Bertz CT molecular complexity index is 734. The van der Waals surface area contributed by atoms with Crippen molar-refractivity contribution >= 4 is 23.5 Å². The van der Waals surface area contributed by atoms with Gasteiger partial charge in [0.1, 0.15) is 6.61 Å². The summed E-state index contributed by atoms with van der Waals surface area (Å²) >= 11 is 0. The number of benzene rings is 1. The number of furan rings is 1. The van der Waals surface area contributed by atoms with Gasteiger partial charge < -0.3 is 19.2 Å². The van der Waals surface area contributed by atoms with Crippen molar-refractivity contribution in [2.75, 3.05) is 12.4 Å². The lowest BCUT2D eigenvalue weighted by atomic mass is 10.2. The fourth-order valence-electron chi connectivity index (χ4n) is 1.87. The van der Waals surface area contributed by atoms with E-state index >= 15 is 0 Å². The summed E-state index contributed by atoms with van der Waals surface area (Å²) in [4.78, 5) is 34.5. The van der Waals surface area contributed by atoms with Gasteiger partial charge >= 0.3 is 11.9 Å². The van der Waals surface area contributed by atoms with Gasteiger partial charge in [-0.15, -0.1) is 0 Å². The maximum Gasteiger partial charge on any atom is 0.374 e. The molecule has 0 fully saturated rings. The Morgan fingerprint density at radius 2 is 1.96 bits per heavy atom. The fraction of sp³-hybridized carbons (Fsp3) is 0.188. The van der Waals surface area contributed by atoms with Gasteiger partial charge in [0.15, 0.2) is 0 Å². The fourth-order valence-corrected chi connectivity index (χ4v) is 1.87. The van der Waals surface area contributed by atoms with Crippen LogP contribution in [0.4, 0.5) is 5.69 Å². The molecule has 0 aliphatic rings. The van der Waals surface area contributed by atoms with Crippen LogP contribution >= 0.6 is 0 Å². The SMILES string of the molecule is COC(=O)c1occc1COC(=O)c1cccc(NC(C)=O)c1. The summed E-state index contributed by atoms with van der Waals surface area (Å²) in [5.74, 6) is -1.48. The first-order valence-electron chi connectivity index (χ1n) is 6.70. The summed E-state index contributed by atoms with van der Waals surface area (Å²) in [7, 11) is 1.23. The van der Waals surface area contributed by atoms with Crippen LogP contribution in [0.3, 0.4) is 0 Å². The van der Waals surface area contributed by atoms with Crippen LogP contribution in [-0.2, 0) is 20.9 Å². The predicted octanol–water partition coefficient (Wildman–Crippen LogP) is 2.38. The first-order chi connectivity index (χ1) is 11.0. The molecule has 0 radical (unpaired) electrons. The van der Waals surface area contributed by atoms with Crippen molar-refractivity contribution in [2.24, 2.45) is 0 Å². The van der Waals surface area contributed by atoms with Crippen LogP contribution in [0, 0.1) is 0 Å². The topological polar surface area (TPSA) is 94.8 Å². The van der Waals surface area contributed by atoms with Crippen LogP contribution in [0.15, 0.2) is 41.0 Å². The van der Waals surface area contributed by atoms with Gasteiger partial charge in [-0.25, -0.2) is 9.59 Å². The smallest absolute Gasteiger partial charge is 0.374 e. The zero-order valence-electron chi connectivity index (χ0n) is 12.6. The zero-order chi connectivity index (χ0) is 16.8. The van der Waals surface area contributed by atoms with E-state index in [4.69, 9.17) is 9.15 Å². The van der Waals surface area contributed by atoms with Crippen molar-refractivity contribution in [3.05, 3.63) is 53.5 Å². The highest BCUT2D eigenvalue weighted by molar-refractivity contribution is 5.93. The molecule has 2 aromatic rings. The van der Waals surface area contributed by atoms with Gasteiger partial charge in [-0.2, -0.15) is 0 Å². The highest BCUT2D eigenvalue weighted by Gasteiger charge is 2.17. The Kier molecular flexibility index (Phi) is 5.14. The third kappa shape index (κ3) is 4.19. The van der Waals surface area contributed by atoms with Crippen molar-refractivity contribution in [1.29, 1.82) is 0 Å². The molecule has 23 heavy (non-hydrogen) atoms. The normalized spacial score (nSPS) is 10.0. The van der Waals surface area contributed by atoms with Gasteiger partial charge in [0, 0.05) is 18.2 Å². The molecule has 0 unspecified atom stereocenters. The van der Waals surface area contributed by atoms with Crippen LogP contribution in [-0.4, -0.2) is 25.0 Å². The van der Waals surface area contributed by atoms with Crippen LogP contribution in [0.25, 0.3) is 0 Å². The number of nitrogens with one attached hydrogen (secondary N) is 1. The van der Waals surface area contributed by atoms with Crippen molar-refractivity contribution < 1.29 is 28.3 Å². The molecule has 1 aromatic heterocycles. The molecular weight excluding hydrogens is 302 g/mol. The molecule has 2 rings (SSSR count). The summed E-state index contributed by atoms with van der Waals surface area (Å²) in [5, 5.41) is 2.58. The standard InChI is InChI=1S/C16H15NO6/c1-10(18)17-13-5-3-4-11(8-13)15(19)23-9-12-6-7-22-14(12)16(20)21-2/h3-8H,9H2,1-2H3,(H,17,18). The minimum Gasteiger partial charge on any atom is -0.463 e. The monoisotopic (exact) mass is 317 g/mol. The van der Waals surface area contributed by atoms with Crippen LogP contribution in [0.2, 0.25) is 0 Å². The molecule has 7 heteroatoms. The molecule has 1 amide bonds. The summed E-state index contributed by atoms with van der Waals surface area (Å²) < 4.78 is 14.7. The van der Waals surface area contributed by atoms with E-state index in [0.29, 0.717) is 11.3 Å². The average molecular weight is 317 g/mol. The van der Waals surface area contributed by atoms with E-state index in [1.54, 1.807) is 18.2 Å². The molecule has 7 nitrogen and oxygen atoms in total. The van der Waals surface area contributed by atoms with E-state index in [2.05, 4.69) is 10.1 Å². The number of rotatable bonds is 5. The molecule has 0 bridgehead atoms. The van der Waals surface area contributed by atoms with Crippen molar-refractivity contribution in [3.63, 3.8) is 0 Å². The maximum atomic E-state index is 12.0. The second-order valence-corrected chi connectivity index (χ2v) is 4.60. The van der Waals surface area contributed by atoms with Gasteiger partial charge in [-0.05, 0) is 24.3 Å². The summed E-state index contributed by atoms with van der Waals surface area (Å²) in [5.41, 5.74) is 1.17. The number of esters is 2. The molecule has 1 N–H and O–H groups in total. The molecular formula is C16H15NO6. The van der Waals surface area contributed by atoms with E-state index in [1.807, 2.05) is 0 Å². The first kappa shape index (κ1) is 16.3. The second kappa shape index (κ2) is 7.26. The molecule has 1 aromatic carbocycles. The van der Waals surface area contributed by atoms with E-state index in [9.17, 15) is 14.4 Å². The van der Waals surface area contributed by atoms with E-state index in [0.717, 1.165) is 0 Å². The molecule has 0 saturated carbocycles. The van der Waals surface area contributed by atoms with Gasteiger partial charge in [0.2, 0.25) is 11.7 Å². The first-order valence-corrected chi connectivity index (χ1v) is 6.70. The number of amides is 1. The number of methoxy groups -OCH3 is 1. The highest BCUT2D eigenvalue weighted by Crippen LogP contribution is 2.16. The van der Waals surface area contributed by atoms with E-state index < -0.39 is 11.9 Å². The Labute approximate surface area is 132 Å². The van der Waals surface area contributed by atoms with Crippen molar-refractivity contribution in [3.8, 4) is 0 Å². The third-order valence-corrected chi connectivity index (χ3v) is 2.89. The lowest BCUT2D eigenvalue weighted by molar-refractivity contribution is -0.114. The van der Waals surface area contributed by atoms with Gasteiger partial charge in [0.25, 0.3) is 0 Å². The summed E-state index contributed by atoms with van der Waals surface area (Å²) in [6.45, 7) is 1.24. The molecule has 0 spiro atoms. The third-order valence-electron chi connectivity index (χ3n) is 2.89. The summed E-state index contributed by atoms with van der Waals surface area (Å²) in [6, 6.07) is 7.86. The van der Waals surface area contributed by atoms with Gasteiger partial charge in [-0.1, -0.05) is 6.07 Å². The second-order valence-electron chi connectivity index (χ2n) is 4.60.